The van der Waals surface area contributed by atoms with Crippen molar-refractivity contribution in [3.63, 3.8) is 0 Å². The highest BCUT2D eigenvalue weighted by Crippen LogP contribution is 2.15. The lowest BCUT2D eigenvalue weighted by Crippen LogP contribution is -2.22. The summed E-state index contributed by atoms with van der Waals surface area (Å²) >= 11 is 1.43. The van der Waals surface area contributed by atoms with E-state index in [-0.39, 0.29) is 6.54 Å². The van der Waals surface area contributed by atoms with Crippen LogP contribution in [0, 0.1) is 0 Å². The largest absolute Gasteiger partial charge is 0.349 e. The van der Waals surface area contributed by atoms with Gasteiger partial charge in [-0.2, -0.15) is 0 Å². The predicted molar refractivity (Wildman–Crippen MR) is 79.0 cm³/mol. The van der Waals surface area contributed by atoms with Gasteiger partial charge >= 0.3 is 0 Å². The molecule has 0 aliphatic carbocycles. The van der Waals surface area contributed by atoms with Crippen LogP contribution >= 0.6 is 11.3 Å². The molecule has 0 aliphatic heterocycles. The first-order valence-electron chi connectivity index (χ1n) is 6.28. The summed E-state index contributed by atoms with van der Waals surface area (Å²) in [4.78, 5) is 4.35. The Morgan fingerprint density at radius 3 is 2.80 bits per heavy atom. The van der Waals surface area contributed by atoms with Crippen LogP contribution in [0.1, 0.15) is 17.6 Å². The van der Waals surface area contributed by atoms with E-state index < -0.39 is 10.0 Å². The van der Waals surface area contributed by atoms with Gasteiger partial charge in [-0.15, -0.1) is 11.3 Å². The van der Waals surface area contributed by atoms with Gasteiger partial charge < -0.3 is 9.88 Å². The van der Waals surface area contributed by atoms with Crippen LogP contribution in [0.3, 0.4) is 0 Å². The summed E-state index contributed by atoms with van der Waals surface area (Å²) in [7, 11) is -1.66. The van der Waals surface area contributed by atoms with Crippen LogP contribution < -0.4 is 10.0 Å². The highest BCUT2D eigenvalue weighted by atomic mass is 32.2. The quantitative estimate of drug-likeness (QED) is 0.804. The third-order valence-corrected chi connectivity index (χ3v) is 5.01. The van der Waals surface area contributed by atoms with Crippen molar-refractivity contribution in [1.82, 2.24) is 19.6 Å². The molecule has 0 atom stereocenters. The Balaban J connectivity index is 2.16. The monoisotopic (exact) mass is 314 g/mol. The van der Waals surface area contributed by atoms with E-state index in [1.165, 1.54) is 11.3 Å². The topological polar surface area (TPSA) is 76.0 Å². The maximum atomic E-state index is 12.2. The van der Waals surface area contributed by atoms with Crippen LogP contribution in [0.2, 0.25) is 0 Å². The second kappa shape index (κ2) is 6.49. The number of aromatic nitrogens is 2. The van der Waals surface area contributed by atoms with E-state index >= 15 is 0 Å². The van der Waals surface area contributed by atoms with Crippen molar-refractivity contribution in [3.05, 3.63) is 34.5 Å². The van der Waals surface area contributed by atoms with Gasteiger partial charge in [0.25, 0.3) is 0 Å². The van der Waals surface area contributed by atoms with Crippen LogP contribution in [0.15, 0.2) is 28.7 Å². The fraction of sp³-hybridized carbons (Fsp3) is 0.417. The maximum absolute atomic E-state index is 12.2. The van der Waals surface area contributed by atoms with Gasteiger partial charge in [0.15, 0.2) is 0 Å². The van der Waals surface area contributed by atoms with Crippen molar-refractivity contribution in [3.8, 4) is 0 Å². The molecule has 2 aromatic rings. The van der Waals surface area contributed by atoms with E-state index in [9.17, 15) is 8.42 Å². The van der Waals surface area contributed by atoms with Crippen LogP contribution in [0.5, 0.6) is 0 Å². The average molecular weight is 314 g/mol. The van der Waals surface area contributed by atoms with Gasteiger partial charge in [0.2, 0.25) is 10.0 Å². The molecule has 0 radical (unpaired) electrons. The Kier molecular flexibility index (Phi) is 4.92. The van der Waals surface area contributed by atoms with Crippen LogP contribution in [0.25, 0.3) is 0 Å². The van der Waals surface area contributed by atoms with Gasteiger partial charge in [-0.25, -0.2) is 18.1 Å². The Bertz CT molecular complexity index is 647. The number of thiazole rings is 1. The van der Waals surface area contributed by atoms with Crippen molar-refractivity contribution in [2.24, 2.45) is 0 Å². The lowest BCUT2D eigenvalue weighted by molar-refractivity contribution is 0.580. The van der Waals surface area contributed by atoms with Crippen LogP contribution in [-0.4, -0.2) is 25.0 Å². The summed E-state index contributed by atoms with van der Waals surface area (Å²) in [5, 5.41) is 5.60. The van der Waals surface area contributed by atoms with E-state index in [4.69, 9.17) is 0 Å². The first-order valence-corrected chi connectivity index (χ1v) is 8.64. The smallest absolute Gasteiger partial charge is 0.242 e. The minimum absolute atomic E-state index is 0.221. The summed E-state index contributed by atoms with van der Waals surface area (Å²) in [6.45, 7) is 3.58. The Labute approximate surface area is 122 Å². The third-order valence-electron chi connectivity index (χ3n) is 2.87. The molecule has 0 saturated carbocycles. The summed E-state index contributed by atoms with van der Waals surface area (Å²) in [6.07, 6.45) is 3.32. The van der Waals surface area contributed by atoms with Crippen LogP contribution in [0.4, 0.5) is 0 Å². The molecule has 2 heterocycles. The summed E-state index contributed by atoms with van der Waals surface area (Å²) in [6, 6.07) is 1.70. The molecule has 0 aliphatic rings. The molecule has 2 aromatic heterocycles. The van der Waals surface area contributed by atoms with Crippen LogP contribution in [-0.2, 0) is 29.7 Å². The molecule has 0 bridgehead atoms. The summed E-state index contributed by atoms with van der Waals surface area (Å²) in [5.74, 6) is 0. The number of hydrogen-bond acceptors (Lipinski definition) is 5. The fourth-order valence-corrected chi connectivity index (χ4v) is 3.57. The zero-order chi connectivity index (χ0) is 14.6. The highest BCUT2D eigenvalue weighted by Gasteiger charge is 2.18. The first kappa shape index (κ1) is 15.2. The molecular weight excluding hydrogens is 296 g/mol. The number of nitrogens with one attached hydrogen (secondary N) is 2. The Morgan fingerprint density at radius 2 is 2.20 bits per heavy atom. The van der Waals surface area contributed by atoms with Crippen molar-refractivity contribution < 1.29 is 8.42 Å². The molecule has 0 aromatic carbocycles. The molecule has 110 valence electrons. The first-order chi connectivity index (χ1) is 9.56. The van der Waals surface area contributed by atoms with Gasteiger partial charge in [-0.05, 0) is 20.0 Å². The van der Waals surface area contributed by atoms with Crippen molar-refractivity contribution in [2.45, 2.75) is 31.5 Å². The molecule has 20 heavy (non-hydrogen) atoms. The Hall–Kier alpha value is -1.22. The average Bonchev–Trinajstić information content (AvgIpc) is 3.06. The van der Waals surface area contributed by atoms with E-state index in [0.717, 1.165) is 17.2 Å². The molecule has 6 nitrogen and oxygen atoms in total. The Morgan fingerprint density at radius 1 is 1.40 bits per heavy atom. The minimum Gasteiger partial charge on any atom is -0.349 e. The zero-order valence-corrected chi connectivity index (χ0v) is 13.1. The molecule has 8 heteroatoms. The normalized spacial score (nSPS) is 11.9. The molecule has 0 amide bonds. The summed E-state index contributed by atoms with van der Waals surface area (Å²) in [5.41, 5.74) is 0.949. The second-order valence-electron chi connectivity index (χ2n) is 4.23. The molecular formula is C12H18N4O2S2. The predicted octanol–water partition coefficient (Wildman–Crippen LogP) is 1.16. The van der Waals surface area contributed by atoms with E-state index in [2.05, 4.69) is 15.0 Å². The number of hydrogen-bond donors (Lipinski definition) is 2. The van der Waals surface area contributed by atoms with E-state index in [1.54, 1.807) is 18.5 Å². The molecule has 0 spiro atoms. The van der Waals surface area contributed by atoms with Gasteiger partial charge in [-0.1, -0.05) is 0 Å². The lowest BCUT2D eigenvalue weighted by atomic mass is 10.4. The SMILES string of the molecule is CCn1cc(S(=O)(=O)NCc2nccs2)cc1CNC. The van der Waals surface area contributed by atoms with Gasteiger partial charge in [-0.3, -0.25) is 0 Å². The van der Waals surface area contributed by atoms with Crippen molar-refractivity contribution >= 4 is 21.4 Å². The minimum atomic E-state index is -3.50. The van der Waals surface area contributed by atoms with Crippen molar-refractivity contribution in [2.75, 3.05) is 7.05 Å². The molecule has 0 unspecified atom stereocenters. The molecule has 2 rings (SSSR count). The maximum Gasteiger partial charge on any atom is 0.242 e. The molecule has 2 N–H and O–H groups in total. The second-order valence-corrected chi connectivity index (χ2v) is 6.98. The number of nitrogens with zero attached hydrogens (tertiary/aromatic N) is 2. The third kappa shape index (κ3) is 3.45. The lowest BCUT2D eigenvalue weighted by Gasteiger charge is -2.03. The van der Waals surface area contributed by atoms with Gasteiger partial charge in [0.05, 0.1) is 11.4 Å². The van der Waals surface area contributed by atoms with E-state index in [1.807, 2.05) is 23.9 Å². The van der Waals surface area contributed by atoms with E-state index in [0.29, 0.717) is 11.4 Å². The highest BCUT2D eigenvalue weighted by molar-refractivity contribution is 7.89. The van der Waals surface area contributed by atoms with Gasteiger partial charge in [0.1, 0.15) is 5.01 Å². The summed E-state index contributed by atoms with van der Waals surface area (Å²) < 4.78 is 29.0. The van der Waals surface area contributed by atoms with Gasteiger partial charge in [0, 0.05) is 36.6 Å². The number of rotatable bonds is 7. The molecule has 0 fully saturated rings. The number of sulfonamides is 1. The fourth-order valence-electron chi connectivity index (χ4n) is 1.88. The van der Waals surface area contributed by atoms with Crippen molar-refractivity contribution in [1.29, 1.82) is 0 Å². The molecule has 0 saturated heterocycles. The number of aryl methyl sites for hydroxylation is 1. The standard InChI is InChI=1S/C12H18N4O2S2/c1-3-16-9-11(6-10(16)7-13-2)20(17,18)15-8-12-14-4-5-19-12/h4-6,9,13,15H,3,7-8H2,1-2H3. The zero-order valence-electron chi connectivity index (χ0n) is 11.5.